The van der Waals surface area contributed by atoms with Crippen LogP contribution in [0.25, 0.3) is 0 Å². The summed E-state index contributed by atoms with van der Waals surface area (Å²) < 4.78 is 26.8. The van der Waals surface area contributed by atoms with Gasteiger partial charge in [-0.3, -0.25) is 4.79 Å². The minimum absolute atomic E-state index is 0.0382. The van der Waals surface area contributed by atoms with Gasteiger partial charge >= 0.3 is 0 Å². The van der Waals surface area contributed by atoms with E-state index in [0.717, 1.165) is 6.07 Å². The molecule has 0 unspecified atom stereocenters. The standard InChI is InChI=1S/C15H14F2N2O2/c1-19(8-9-4-2-3-5-14(9)20)15(21)10-6-13(18)12(17)7-11(10)16/h2-7,20H,8,18H2,1H3. The molecule has 4 nitrogen and oxygen atoms in total. The predicted octanol–water partition coefficient (Wildman–Crippen LogP) is 2.52. The lowest BCUT2D eigenvalue weighted by atomic mass is 10.1. The zero-order valence-electron chi connectivity index (χ0n) is 11.3. The third-order valence-corrected chi connectivity index (χ3v) is 3.06. The lowest BCUT2D eigenvalue weighted by molar-refractivity contribution is 0.0779. The second kappa shape index (κ2) is 5.78. The Hall–Kier alpha value is -2.63. The molecule has 0 aliphatic carbocycles. The van der Waals surface area contributed by atoms with Crippen molar-refractivity contribution in [3.8, 4) is 5.75 Å². The maximum atomic E-state index is 13.7. The summed E-state index contributed by atoms with van der Waals surface area (Å²) in [7, 11) is 1.45. The second-order valence-corrected chi connectivity index (χ2v) is 4.64. The predicted molar refractivity (Wildman–Crippen MR) is 74.7 cm³/mol. The molecule has 3 N–H and O–H groups in total. The quantitative estimate of drug-likeness (QED) is 0.854. The number of phenolic OH excluding ortho intramolecular Hbond substituents is 1. The minimum atomic E-state index is -0.976. The summed E-state index contributed by atoms with van der Waals surface area (Å²) in [6.07, 6.45) is 0. The molecule has 0 radical (unpaired) electrons. The first-order valence-electron chi connectivity index (χ1n) is 6.17. The molecule has 0 heterocycles. The molecule has 0 saturated heterocycles. The van der Waals surface area contributed by atoms with Gasteiger partial charge in [0.1, 0.15) is 17.4 Å². The van der Waals surface area contributed by atoms with E-state index < -0.39 is 17.5 Å². The van der Waals surface area contributed by atoms with Gasteiger partial charge in [-0.25, -0.2) is 8.78 Å². The van der Waals surface area contributed by atoms with E-state index in [2.05, 4.69) is 0 Å². The first-order chi connectivity index (χ1) is 9.90. The second-order valence-electron chi connectivity index (χ2n) is 4.64. The van der Waals surface area contributed by atoms with Crippen LogP contribution in [0.5, 0.6) is 5.75 Å². The van der Waals surface area contributed by atoms with Crippen LogP contribution in [-0.2, 0) is 6.54 Å². The van der Waals surface area contributed by atoms with Crippen LogP contribution in [0.3, 0.4) is 0 Å². The summed E-state index contributed by atoms with van der Waals surface area (Å²) in [6, 6.07) is 8.05. The van der Waals surface area contributed by atoms with Gasteiger partial charge in [0.15, 0.2) is 0 Å². The van der Waals surface area contributed by atoms with Crippen LogP contribution in [0.1, 0.15) is 15.9 Å². The van der Waals surface area contributed by atoms with Gasteiger partial charge in [-0.05, 0) is 12.1 Å². The van der Waals surface area contributed by atoms with Crippen LogP contribution in [0.15, 0.2) is 36.4 Å². The third-order valence-electron chi connectivity index (χ3n) is 3.06. The first-order valence-corrected chi connectivity index (χ1v) is 6.17. The van der Waals surface area contributed by atoms with Gasteiger partial charge in [-0.2, -0.15) is 0 Å². The van der Waals surface area contributed by atoms with E-state index in [1.165, 1.54) is 18.0 Å². The fourth-order valence-electron chi connectivity index (χ4n) is 1.91. The van der Waals surface area contributed by atoms with Crippen LogP contribution < -0.4 is 5.73 Å². The summed E-state index contributed by atoms with van der Waals surface area (Å²) in [5.74, 6) is -2.50. The Labute approximate surface area is 120 Å². The van der Waals surface area contributed by atoms with E-state index >= 15 is 0 Å². The third kappa shape index (κ3) is 3.10. The number of benzene rings is 2. The summed E-state index contributed by atoms with van der Waals surface area (Å²) >= 11 is 0. The number of aromatic hydroxyl groups is 1. The molecule has 1 amide bonds. The fraction of sp³-hybridized carbons (Fsp3) is 0.133. The Morgan fingerprint density at radius 2 is 1.90 bits per heavy atom. The number of amides is 1. The molecular weight excluding hydrogens is 278 g/mol. The first kappa shape index (κ1) is 14.8. The molecule has 2 aromatic rings. The Balaban J connectivity index is 2.24. The van der Waals surface area contributed by atoms with Gasteiger partial charge in [0, 0.05) is 25.2 Å². The minimum Gasteiger partial charge on any atom is -0.508 e. The molecule has 0 aromatic heterocycles. The van der Waals surface area contributed by atoms with E-state index in [-0.39, 0.29) is 23.5 Å². The molecule has 0 aliphatic rings. The SMILES string of the molecule is CN(Cc1ccccc1O)C(=O)c1cc(N)c(F)cc1F. The maximum absolute atomic E-state index is 13.7. The highest BCUT2D eigenvalue weighted by atomic mass is 19.1. The van der Waals surface area contributed by atoms with Crippen molar-refractivity contribution in [1.29, 1.82) is 0 Å². The van der Waals surface area contributed by atoms with Crippen molar-refractivity contribution >= 4 is 11.6 Å². The topological polar surface area (TPSA) is 66.6 Å². The van der Waals surface area contributed by atoms with Gasteiger partial charge in [0.2, 0.25) is 0 Å². The maximum Gasteiger partial charge on any atom is 0.256 e. The van der Waals surface area contributed by atoms with Gasteiger partial charge in [-0.15, -0.1) is 0 Å². The summed E-state index contributed by atoms with van der Waals surface area (Å²) in [5, 5.41) is 9.67. The van der Waals surface area contributed by atoms with Crippen molar-refractivity contribution in [3.63, 3.8) is 0 Å². The Morgan fingerprint density at radius 3 is 2.57 bits per heavy atom. The number of nitrogens with two attached hydrogens (primary N) is 1. The molecule has 2 rings (SSSR count). The molecule has 2 aromatic carbocycles. The highest BCUT2D eigenvalue weighted by molar-refractivity contribution is 5.95. The molecule has 0 spiro atoms. The molecule has 0 fully saturated rings. The number of anilines is 1. The molecular formula is C15H14F2N2O2. The van der Waals surface area contributed by atoms with E-state index in [1.807, 2.05) is 0 Å². The van der Waals surface area contributed by atoms with Crippen molar-refractivity contribution in [2.24, 2.45) is 0 Å². The number of halogens is 2. The van der Waals surface area contributed by atoms with Gasteiger partial charge < -0.3 is 15.7 Å². The molecule has 110 valence electrons. The van der Waals surface area contributed by atoms with E-state index in [1.54, 1.807) is 18.2 Å². The van der Waals surface area contributed by atoms with Crippen LogP contribution >= 0.6 is 0 Å². The van der Waals surface area contributed by atoms with Crippen LogP contribution in [0.4, 0.5) is 14.5 Å². The number of hydrogen-bond donors (Lipinski definition) is 2. The number of hydrogen-bond acceptors (Lipinski definition) is 3. The van der Waals surface area contributed by atoms with E-state index in [9.17, 15) is 18.7 Å². The van der Waals surface area contributed by atoms with E-state index in [4.69, 9.17) is 5.73 Å². The molecule has 0 bridgehead atoms. The van der Waals surface area contributed by atoms with Crippen molar-refractivity contribution in [2.45, 2.75) is 6.54 Å². The summed E-state index contributed by atoms with van der Waals surface area (Å²) in [5.41, 5.74) is 5.26. The zero-order chi connectivity index (χ0) is 15.6. The van der Waals surface area contributed by atoms with Crippen molar-refractivity contribution in [1.82, 2.24) is 4.90 Å². The van der Waals surface area contributed by atoms with Crippen LogP contribution in [0, 0.1) is 11.6 Å². The zero-order valence-corrected chi connectivity index (χ0v) is 11.3. The molecule has 6 heteroatoms. The number of nitrogen functional groups attached to an aromatic ring is 1. The van der Waals surface area contributed by atoms with Crippen LogP contribution in [0.2, 0.25) is 0 Å². The fourth-order valence-corrected chi connectivity index (χ4v) is 1.91. The lowest BCUT2D eigenvalue weighted by Crippen LogP contribution is -2.27. The number of rotatable bonds is 3. The van der Waals surface area contributed by atoms with Crippen LogP contribution in [-0.4, -0.2) is 23.0 Å². The smallest absolute Gasteiger partial charge is 0.256 e. The van der Waals surface area contributed by atoms with E-state index in [0.29, 0.717) is 11.6 Å². The van der Waals surface area contributed by atoms with Crippen molar-refractivity contribution in [3.05, 3.63) is 59.2 Å². The highest BCUT2D eigenvalue weighted by Crippen LogP contribution is 2.21. The normalized spacial score (nSPS) is 10.4. The average Bonchev–Trinajstić information content (AvgIpc) is 2.44. The number of phenols is 1. The Morgan fingerprint density at radius 1 is 1.24 bits per heavy atom. The highest BCUT2D eigenvalue weighted by Gasteiger charge is 2.19. The summed E-state index contributed by atoms with van der Waals surface area (Å²) in [4.78, 5) is 13.4. The molecule has 21 heavy (non-hydrogen) atoms. The number of carbonyl (C=O) groups excluding carboxylic acids is 1. The molecule has 0 atom stereocenters. The monoisotopic (exact) mass is 292 g/mol. The van der Waals surface area contributed by atoms with Gasteiger partial charge in [0.25, 0.3) is 5.91 Å². The number of nitrogens with zero attached hydrogens (tertiary/aromatic N) is 1. The summed E-state index contributed by atoms with van der Waals surface area (Å²) in [6.45, 7) is 0.0855. The van der Waals surface area contributed by atoms with Crippen molar-refractivity contribution in [2.75, 3.05) is 12.8 Å². The lowest BCUT2D eigenvalue weighted by Gasteiger charge is -2.18. The number of carbonyl (C=O) groups is 1. The van der Waals surface area contributed by atoms with Gasteiger partial charge in [-0.1, -0.05) is 18.2 Å². The number of para-hydroxylation sites is 1. The largest absolute Gasteiger partial charge is 0.508 e. The molecule has 0 aliphatic heterocycles. The molecule has 0 saturated carbocycles. The Kier molecular flexibility index (Phi) is 4.07. The Bertz CT molecular complexity index is 689. The van der Waals surface area contributed by atoms with Gasteiger partial charge in [0.05, 0.1) is 11.3 Å². The average molecular weight is 292 g/mol. The van der Waals surface area contributed by atoms with Crippen molar-refractivity contribution < 1.29 is 18.7 Å².